The molecule has 2 saturated heterocycles. The molecule has 21 heavy (non-hydrogen) atoms. The molecule has 0 saturated carbocycles. The van der Waals surface area contributed by atoms with Gasteiger partial charge in [-0.1, -0.05) is 0 Å². The average molecular weight is 335 g/mol. The van der Waals surface area contributed by atoms with Crippen molar-refractivity contribution in [2.45, 2.75) is 44.2 Å². The van der Waals surface area contributed by atoms with E-state index in [9.17, 15) is 4.79 Å². The highest BCUT2D eigenvalue weighted by Crippen LogP contribution is 2.23. The van der Waals surface area contributed by atoms with E-state index in [4.69, 9.17) is 0 Å². The Labute approximate surface area is 138 Å². The number of halogens is 2. The predicted octanol–water partition coefficient (Wildman–Crippen LogP) is 2.03. The van der Waals surface area contributed by atoms with Gasteiger partial charge >= 0.3 is 0 Å². The number of piperidine rings is 1. The van der Waals surface area contributed by atoms with E-state index in [0.29, 0.717) is 24.4 Å². The highest BCUT2D eigenvalue weighted by Gasteiger charge is 2.26. The maximum absolute atomic E-state index is 12.2. The van der Waals surface area contributed by atoms with Crippen molar-refractivity contribution >= 4 is 30.7 Å². The average Bonchev–Trinajstić information content (AvgIpc) is 3.12. The fourth-order valence-corrected chi connectivity index (χ4v) is 3.17. The van der Waals surface area contributed by atoms with E-state index in [0.717, 1.165) is 38.9 Å². The van der Waals surface area contributed by atoms with E-state index >= 15 is 0 Å². The number of rotatable bonds is 3. The molecule has 0 radical (unpaired) electrons. The Hall–Kier alpha value is -0.780. The number of nitrogens with one attached hydrogen (secondary N) is 1. The van der Waals surface area contributed by atoms with Gasteiger partial charge in [-0.2, -0.15) is 0 Å². The summed E-state index contributed by atoms with van der Waals surface area (Å²) in [6, 6.07) is 0.926. The van der Waals surface area contributed by atoms with E-state index < -0.39 is 0 Å². The van der Waals surface area contributed by atoms with Gasteiger partial charge in [0.1, 0.15) is 0 Å². The molecule has 2 aliphatic rings. The van der Waals surface area contributed by atoms with Crippen molar-refractivity contribution in [1.29, 1.82) is 0 Å². The number of carbonyl (C=O) groups excluding carboxylic acids is 1. The van der Waals surface area contributed by atoms with Crippen molar-refractivity contribution in [3.05, 3.63) is 18.7 Å². The highest BCUT2D eigenvalue weighted by molar-refractivity contribution is 5.85. The molecule has 1 aromatic heterocycles. The first kappa shape index (κ1) is 18.3. The highest BCUT2D eigenvalue weighted by atomic mass is 35.5. The van der Waals surface area contributed by atoms with Gasteiger partial charge in [0.25, 0.3) is 0 Å². The van der Waals surface area contributed by atoms with Gasteiger partial charge in [0.2, 0.25) is 5.91 Å². The molecule has 1 amide bonds. The number of amides is 1. The fraction of sp³-hybridized carbons (Fsp3) is 0.714. The Kier molecular flexibility index (Phi) is 7.49. The summed E-state index contributed by atoms with van der Waals surface area (Å²) in [5, 5.41) is 3.40. The third-order valence-electron chi connectivity index (χ3n) is 4.35. The van der Waals surface area contributed by atoms with Crippen molar-refractivity contribution < 1.29 is 4.79 Å². The summed E-state index contributed by atoms with van der Waals surface area (Å²) >= 11 is 0. The predicted molar refractivity (Wildman–Crippen MR) is 87.2 cm³/mol. The molecule has 0 aromatic carbocycles. The lowest BCUT2D eigenvalue weighted by molar-refractivity contribution is -0.132. The topological polar surface area (TPSA) is 50.2 Å². The molecule has 1 unspecified atom stereocenters. The van der Waals surface area contributed by atoms with Crippen molar-refractivity contribution in [2.24, 2.45) is 0 Å². The first-order valence-electron chi connectivity index (χ1n) is 7.31. The summed E-state index contributed by atoms with van der Waals surface area (Å²) in [6.45, 7) is 2.84. The number of aromatic nitrogens is 2. The molecule has 3 heterocycles. The fourth-order valence-electron chi connectivity index (χ4n) is 3.17. The van der Waals surface area contributed by atoms with Gasteiger partial charge in [0, 0.05) is 44.0 Å². The maximum Gasteiger partial charge on any atom is 0.224 e. The van der Waals surface area contributed by atoms with E-state index in [-0.39, 0.29) is 24.8 Å². The molecule has 3 rings (SSSR count). The summed E-state index contributed by atoms with van der Waals surface area (Å²) in [6.07, 6.45) is 10.8. The molecule has 2 aliphatic heterocycles. The van der Waals surface area contributed by atoms with Gasteiger partial charge in [-0.3, -0.25) is 4.79 Å². The molecule has 0 spiro atoms. The van der Waals surface area contributed by atoms with Crippen LogP contribution in [0.1, 0.15) is 38.1 Å². The van der Waals surface area contributed by atoms with Crippen LogP contribution in [-0.4, -0.2) is 46.0 Å². The lowest BCUT2D eigenvalue weighted by atomic mass is 10.0. The second-order valence-corrected chi connectivity index (χ2v) is 5.62. The van der Waals surface area contributed by atoms with Crippen LogP contribution in [0.3, 0.4) is 0 Å². The van der Waals surface area contributed by atoms with Crippen LogP contribution >= 0.6 is 24.8 Å². The van der Waals surface area contributed by atoms with Crippen LogP contribution in [0.2, 0.25) is 0 Å². The van der Waals surface area contributed by atoms with E-state index in [1.54, 1.807) is 0 Å². The van der Waals surface area contributed by atoms with E-state index in [1.165, 1.54) is 6.42 Å². The molecule has 5 nitrogen and oxygen atoms in total. The second kappa shape index (κ2) is 8.61. The summed E-state index contributed by atoms with van der Waals surface area (Å²) < 4.78 is 2.17. The smallest absolute Gasteiger partial charge is 0.224 e. The van der Waals surface area contributed by atoms with Crippen LogP contribution in [0.25, 0.3) is 0 Å². The van der Waals surface area contributed by atoms with Crippen LogP contribution < -0.4 is 5.32 Å². The molecule has 1 atom stereocenters. The molecule has 0 aliphatic carbocycles. The van der Waals surface area contributed by atoms with Crippen molar-refractivity contribution in [3.8, 4) is 0 Å². The summed E-state index contributed by atoms with van der Waals surface area (Å²) in [5.41, 5.74) is 0. The van der Waals surface area contributed by atoms with Crippen LogP contribution in [-0.2, 0) is 4.79 Å². The molecule has 0 bridgehead atoms. The molecule has 1 N–H and O–H groups in total. The minimum atomic E-state index is 0. The van der Waals surface area contributed by atoms with Crippen molar-refractivity contribution in [3.63, 3.8) is 0 Å². The Morgan fingerprint density at radius 2 is 2.00 bits per heavy atom. The number of nitrogens with zero attached hydrogens (tertiary/aromatic N) is 3. The Bertz CT molecular complexity index is 413. The summed E-state index contributed by atoms with van der Waals surface area (Å²) in [5.74, 6) is 0.323. The van der Waals surface area contributed by atoms with E-state index in [1.807, 2.05) is 23.6 Å². The molecular weight excluding hydrogens is 311 g/mol. The molecule has 120 valence electrons. The number of likely N-dealkylation sites (tertiary alicyclic amines) is 1. The molecule has 2 fully saturated rings. The maximum atomic E-state index is 12.2. The Balaban J connectivity index is 0.00000110. The van der Waals surface area contributed by atoms with Crippen LogP contribution in [0.5, 0.6) is 0 Å². The van der Waals surface area contributed by atoms with Gasteiger partial charge in [-0.15, -0.1) is 24.8 Å². The van der Waals surface area contributed by atoms with Crippen LogP contribution in [0.15, 0.2) is 18.7 Å². The zero-order chi connectivity index (χ0) is 13.1. The minimum Gasteiger partial charge on any atom is -0.342 e. The largest absolute Gasteiger partial charge is 0.342 e. The van der Waals surface area contributed by atoms with Gasteiger partial charge in [0.15, 0.2) is 0 Å². The number of hydrogen-bond donors (Lipinski definition) is 1. The van der Waals surface area contributed by atoms with Gasteiger partial charge in [-0.25, -0.2) is 4.98 Å². The Morgan fingerprint density at radius 1 is 1.24 bits per heavy atom. The lowest BCUT2D eigenvalue weighted by Gasteiger charge is -2.33. The molecular formula is C14H24Cl2N4O. The standard InChI is InChI=1S/C14H22N4O.2ClH/c19-14(10-12-2-1-5-16-12)17-7-3-13(4-8-17)18-9-6-15-11-18;;/h6,9,11-13,16H,1-5,7-8,10H2;2*1H. The number of carbonyl (C=O) groups is 1. The normalized spacial score (nSPS) is 22.5. The first-order valence-corrected chi connectivity index (χ1v) is 7.31. The number of imidazole rings is 1. The van der Waals surface area contributed by atoms with E-state index in [2.05, 4.69) is 14.9 Å². The lowest BCUT2D eigenvalue weighted by Crippen LogP contribution is -2.41. The quantitative estimate of drug-likeness (QED) is 0.920. The molecule has 1 aromatic rings. The van der Waals surface area contributed by atoms with Gasteiger partial charge in [0.05, 0.1) is 6.33 Å². The first-order chi connectivity index (χ1) is 9.33. The van der Waals surface area contributed by atoms with Gasteiger partial charge in [-0.05, 0) is 32.2 Å². The number of hydrogen-bond acceptors (Lipinski definition) is 3. The minimum absolute atomic E-state index is 0. The zero-order valence-corrected chi connectivity index (χ0v) is 13.7. The third-order valence-corrected chi connectivity index (χ3v) is 4.35. The van der Waals surface area contributed by atoms with Crippen molar-refractivity contribution in [2.75, 3.05) is 19.6 Å². The Morgan fingerprint density at radius 3 is 2.57 bits per heavy atom. The van der Waals surface area contributed by atoms with Crippen LogP contribution in [0.4, 0.5) is 0 Å². The summed E-state index contributed by atoms with van der Waals surface area (Å²) in [4.78, 5) is 18.3. The van der Waals surface area contributed by atoms with Crippen molar-refractivity contribution in [1.82, 2.24) is 19.8 Å². The van der Waals surface area contributed by atoms with Crippen LogP contribution in [0, 0.1) is 0 Å². The SMILES string of the molecule is Cl.Cl.O=C(CC1CCCN1)N1CCC(n2ccnc2)CC1. The molecule has 7 heteroatoms. The monoisotopic (exact) mass is 334 g/mol. The second-order valence-electron chi connectivity index (χ2n) is 5.62. The third kappa shape index (κ3) is 4.59. The summed E-state index contributed by atoms with van der Waals surface area (Å²) in [7, 11) is 0. The van der Waals surface area contributed by atoms with Gasteiger partial charge < -0.3 is 14.8 Å². The zero-order valence-electron chi connectivity index (χ0n) is 12.1.